The van der Waals surface area contributed by atoms with E-state index in [2.05, 4.69) is 69.2 Å². The average Bonchev–Trinajstić information content (AvgIpc) is 3.38. The predicted molar refractivity (Wildman–Crippen MR) is 153 cm³/mol. The van der Waals surface area contributed by atoms with Gasteiger partial charge in [-0.3, -0.25) is 9.97 Å². The van der Waals surface area contributed by atoms with Crippen molar-refractivity contribution in [3.63, 3.8) is 0 Å². The molecular weight excluding hydrogens is 436 g/mol. The highest BCUT2D eigenvalue weighted by Crippen LogP contribution is 2.51. The van der Waals surface area contributed by atoms with E-state index in [1.165, 1.54) is 67.7 Å². The molecule has 2 aromatic heterocycles. The van der Waals surface area contributed by atoms with Crippen molar-refractivity contribution in [3.05, 3.63) is 56.2 Å². The van der Waals surface area contributed by atoms with Gasteiger partial charge in [-0.2, -0.15) is 0 Å². The van der Waals surface area contributed by atoms with Gasteiger partial charge < -0.3 is 0 Å². The van der Waals surface area contributed by atoms with E-state index in [0.29, 0.717) is 23.7 Å². The van der Waals surface area contributed by atoms with Crippen LogP contribution in [0.15, 0.2) is 0 Å². The molecule has 1 fully saturated rings. The fourth-order valence-electron chi connectivity index (χ4n) is 7.79. The van der Waals surface area contributed by atoms with Crippen molar-refractivity contribution in [1.82, 2.24) is 9.97 Å². The molecule has 0 saturated heterocycles. The summed E-state index contributed by atoms with van der Waals surface area (Å²) in [4.78, 5) is 10.7. The van der Waals surface area contributed by atoms with Crippen molar-refractivity contribution in [2.75, 3.05) is 0 Å². The maximum Gasteiger partial charge on any atom is 0.0475 e. The third kappa shape index (κ3) is 4.45. The summed E-state index contributed by atoms with van der Waals surface area (Å²) in [5.74, 6) is 2.31. The van der Waals surface area contributed by atoms with E-state index in [1.54, 1.807) is 33.4 Å². The highest BCUT2D eigenvalue weighted by atomic mass is 14.8. The molecule has 0 amide bonds. The monoisotopic (exact) mass is 486 g/mol. The van der Waals surface area contributed by atoms with Crippen LogP contribution in [0.3, 0.4) is 0 Å². The van der Waals surface area contributed by atoms with Gasteiger partial charge in [0.1, 0.15) is 0 Å². The fourth-order valence-corrected chi connectivity index (χ4v) is 7.79. The van der Waals surface area contributed by atoms with E-state index >= 15 is 0 Å². The Morgan fingerprint density at radius 2 is 1.39 bits per heavy atom. The molecule has 2 atom stereocenters. The summed E-state index contributed by atoms with van der Waals surface area (Å²) >= 11 is 0. The van der Waals surface area contributed by atoms with Gasteiger partial charge in [0.05, 0.1) is 0 Å². The maximum absolute atomic E-state index is 5.57. The van der Waals surface area contributed by atoms with Gasteiger partial charge in [-0.05, 0) is 114 Å². The smallest absolute Gasteiger partial charge is 0.0475 e. The van der Waals surface area contributed by atoms with E-state index in [0.717, 1.165) is 6.42 Å². The Kier molecular flexibility index (Phi) is 6.45. The van der Waals surface area contributed by atoms with Gasteiger partial charge in [-0.1, -0.05) is 62.3 Å². The van der Waals surface area contributed by atoms with Crippen LogP contribution in [0.2, 0.25) is 0 Å². The number of rotatable bonds is 5. The first-order valence-electron chi connectivity index (χ1n) is 14.9. The SMILES string of the molecule is Cc1nc2c(c(C(C)(C)C)c1C(C)CC1CCc3c1nc(C1CC1)c(C(C)C)c3C(C)(C)C)CCC2. The minimum Gasteiger partial charge on any atom is -0.258 e. The average molecular weight is 487 g/mol. The molecule has 0 N–H and O–H groups in total. The van der Waals surface area contributed by atoms with Gasteiger partial charge >= 0.3 is 0 Å². The molecule has 2 nitrogen and oxygen atoms in total. The van der Waals surface area contributed by atoms with E-state index in [4.69, 9.17) is 9.97 Å². The molecule has 1 saturated carbocycles. The molecule has 2 heteroatoms. The molecule has 0 spiro atoms. The van der Waals surface area contributed by atoms with Gasteiger partial charge in [-0.15, -0.1) is 0 Å². The summed E-state index contributed by atoms with van der Waals surface area (Å²) in [6.45, 7) is 24.0. The van der Waals surface area contributed by atoms with Crippen molar-refractivity contribution in [2.24, 2.45) is 0 Å². The van der Waals surface area contributed by atoms with E-state index < -0.39 is 0 Å². The number of aryl methyl sites for hydroxylation is 2. The Hall–Kier alpha value is -1.70. The molecular formula is C34H50N2. The summed E-state index contributed by atoms with van der Waals surface area (Å²) in [6, 6.07) is 0. The zero-order valence-corrected chi connectivity index (χ0v) is 24.9. The summed E-state index contributed by atoms with van der Waals surface area (Å²) in [6.07, 6.45) is 9.93. The normalized spacial score (nSPS) is 20.7. The Balaban J connectivity index is 1.57. The van der Waals surface area contributed by atoms with Crippen LogP contribution in [0.1, 0.15) is 174 Å². The number of aromatic nitrogens is 2. The first-order valence-corrected chi connectivity index (χ1v) is 14.9. The summed E-state index contributed by atoms with van der Waals surface area (Å²) in [5.41, 5.74) is 15.5. The minimum atomic E-state index is 0.155. The van der Waals surface area contributed by atoms with Crippen LogP contribution >= 0.6 is 0 Å². The first kappa shape index (κ1) is 25.9. The molecule has 2 unspecified atom stereocenters. The van der Waals surface area contributed by atoms with Crippen molar-refractivity contribution in [3.8, 4) is 0 Å². The van der Waals surface area contributed by atoms with Crippen molar-refractivity contribution in [2.45, 2.75) is 155 Å². The highest BCUT2D eigenvalue weighted by Gasteiger charge is 2.39. The zero-order valence-electron chi connectivity index (χ0n) is 24.9. The van der Waals surface area contributed by atoms with Crippen LogP contribution in [0.4, 0.5) is 0 Å². The third-order valence-corrected chi connectivity index (χ3v) is 9.15. The Morgan fingerprint density at radius 3 is 1.97 bits per heavy atom. The largest absolute Gasteiger partial charge is 0.258 e. The zero-order chi connectivity index (χ0) is 26.2. The fraction of sp³-hybridized carbons (Fsp3) is 0.706. The molecule has 36 heavy (non-hydrogen) atoms. The number of nitrogens with zero attached hydrogens (tertiary/aromatic N) is 2. The second-order valence-corrected chi connectivity index (χ2v) is 14.7. The van der Waals surface area contributed by atoms with Gasteiger partial charge in [0.15, 0.2) is 0 Å². The van der Waals surface area contributed by atoms with Gasteiger partial charge in [0, 0.05) is 34.6 Å². The van der Waals surface area contributed by atoms with Crippen LogP contribution in [-0.2, 0) is 30.1 Å². The molecule has 0 radical (unpaired) electrons. The van der Waals surface area contributed by atoms with Crippen molar-refractivity contribution in [1.29, 1.82) is 0 Å². The Labute approximate surface area is 221 Å². The third-order valence-electron chi connectivity index (χ3n) is 9.15. The predicted octanol–water partition coefficient (Wildman–Crippen LogP) is 9.09. The van der Waals surface area contributed by atoms with Crippen LogP contribution in [0, 0.1) is 6.92 Å². The number of pyridine rings is 2. The molecule has 3 aliphatic carbocycles. The minimum absolute atomic E-state index is 0.155. The van der Waals surface area contributed by atoms with Crippen molar-refractivity contribution >= 4 is 0 Å². The molecule has 0 bridgehead atoms. The number of fused-ring (bicyclic) bond motifs is 2. The first-order chi connectivity index (χ1) is 16.8. The van der Waals surface area contributed by atoms with Gasteiger partial charge in [-0.25, -0.2) is 0 Å². The lowest BCUT2D eigenvalue weighted by Gasteiger charge is -2.32. The van der Waals surface area contributed by atoms with Crippen LogP contribution in [0.25, 0.3) is 0 Å². The van der Waals surface area contributed by atoms with Gasteiger partial charge in [0.25, 0.3) is 0 Å². The molecule has 3 aliphatic rings. The second kappa shape index (κ2) is 8.95. The van der Waals surface area contributed by atoms with Crippen LogP contribution in [0.5, 0.6) is 0 Å². The summed E-state index contributed by atoms with van der Waals surface area (Å²) < 4.78 is 0. The lowest BCUT2D eigenvalue weighted by molar-refractivity contribution is 0.516. The van der Waals surface area contributed by atoms with E-state index in [1.807, 2.05) is 0 Å². The van der Waals surface area contributed by atoms with Crippen molar-refractivity contribution < 1.29 is 0 Å². The quantitative estimate of drug-likeness (QED) is 0.421. The van der Waals surface area contributed by atoms with Crippen LogP contribution in [-0.4, -0.2) is 9.97 Å². The van der Waals surface area contributed by atoms with E-state index in [-0.39, 0.29) is 10.8 Å². The Morgan fingerprint density at radius 1 is 0.750 bits per heavy atom. The van der Waals surface area contributed by atoms with Gasteiger partial charge in [0.2, 0.25) is 0 Å². The topological polar surface area (TPSA) is 25.8 Å². The summed E-state index contributed by atoms with van der Waals surface area (Å²) in [5, 5.41) is 0. The second-order valence-electron chi connectivity index (χ2n) is 14.7. The standard InChI is InChI=1S/C34H50N2/c1-19(2)27-30(34(8,9)10)25-17-16-23(31(25)36-32(27)22-14-15-22)18-20(3)28-21(4)35-26-13-11-12-24(26)29(28)33(5,6)7/h19-20,22-23H,11-18H2,1-10H3. The highest BCUT2D eigenvalue weighted by molar-refractivity contribution is 5.52. The molecule has 0 aromatic carbocycles. The molecule has 2 heterocycles. The molecule has 196 valence electrons. The number of hydrogen-bond donors (Lipinski definition) is 0. The number of hydrogen-bond acceptors (Lipinski definition) is 2. The summed E-state index contributed by atoms with van der Waals surface area (Å²) in [7, 11) is 0. The Bertz CT molecular complexity index is 1170. The maximum atomic E-state index is 5.57. The molecule has 2 aromatic rings. The lowest BCUT2D eigenvalue weighted by atomic mass is 9.74. The molecule has 5 rings (SSSR count). The molecule has 0 aliphatic heterocycles. The lowest BCUT2D eigenvalue weighted by Crippen LogP contribution is -2.22. The van der Waals surface area contributed by atoms with E-state index in [9.17, 15) is 0 Å². The van der Waals surface area contributed by atoms with Crippen LogP contribution < -0.4 is 0 Å².